The Balaban J connectivity index is 1.78. The molecule has 0 heterocycles. The summed E-state index contributed by atoms with van der Waals surface area (Å²) in [5.41, 5.74) is 9.87. The van der Waals surface area contributed by atoms with Crippen molar-refractivity contribution in [2.45, 2.75) is 13.8 Å². The van der Waals surface area contributed by atoms with Crippen LogP contribution in [0.3, 0.4) is 0 Å². The van der Waals surface area contributed by atoms with Gasteiger partial charge < -0.3 is 0 Å². The molecule has 0 spiro atoms. The first-order chi connectivity index (χ1) is 10.6. The van der Waals surface area contributed by atoms with Crippen LogP contribution in [0.2, 0.25) is 0 Å². The number of rotatable bonds is 4. The Labute approximate surface area is 136 Å². The second-order valence-electron chi connectivity index (χ2n) is 4.89. The lowest BCUT2D eigenvalue weighted by Gasteiger charge is -2.01. The fourth-order valence-electron chi connectivity index (χ4n) is 1.66. The fraction of sp³-hybridized carbons (Fsp3) is 0.118. The van der Waals surface area contributed by atoms with Crippen LogP contribution in [0.4, 0.5) is 0 Å². The Hall–Kier alpha value is -2.53. The zero-order valence-electron chi connectivity index (χ0n) is 12.6. The highest BCUT2D eigenvalue weighted by Crippen LogP contribution is 2.00. The first-order valence-corrected chi connectivity index (χ1v) is 7.30. The predicted molar refractivity (Wildman–Crippen MR) is 96.4 cm³/mol. The standard InChI is InChI=1S/C17H18N4S/c1-13-3-7-15(8-4-13)11-18-20-17(22)21-19-12-16-9-5-14(2)6-10-16/h3-12H,1-2H3,(H2,20,21,22). The number of nitrogens with one attached hydrogen (secondary N) is 2. The largest absolute Gasteiger partial charge is 0.252 e. The summed E-state index contributed by atoms with van der Waals surface area (Å²) >= 11 is 5.08. The van der Waals surface area contributed by atoms with Crippen molar-refractivity contribution in [1.82, 2.24) is 10.9 Å². The van der Waals surface area contributed by atoms with E-state index >= 15 is 0 Å². The lowest BCUT2D eigenvalue weighted by atomic mass is 10.2. The minimum absolute atomic E-state index is 0.340. The van der Waals surface area contributed by atoms with Crippen LogP contribution in [0.15, 0.2) is 58.7 Å². The van der Waals surface area contributed by atoms with Gasteiger partial charge >= 0.3 is 0 Å². The summed E-state index contributed by atoms with van der Waals surface area (Å²) in [6.45, 7) is 4.09. The van der Waals surface area contributed by atoms with Crippen LogP contribution in [0.5, 0.6) is 0 Å². The fourth-order valence-corrected chi connectivity index (χ4v) is 1.77. The van der Waals surface area contributed by atoms with E-state index in [0.29, 0.717) is 5.11 Å². The van der Waals surface area contributed by atoms with Crippen LogP contribution in [0.25, 0.3) is 0 Å². The maximum Gasteiger partial charge on any atom is 0.207 e. The molecule has 2 aromatic rings. The molecule has 112 valence electrons. The van der Waals surface area contributed by atoms with Crippen LogP contribution in [-0.2, 0) is 0 Å². The lowest BCUT2D eigenvalue weighted by molar-refractivity contribution is 0.935. The summed E-state index contributed by atoms with van der Waals surface area (Å²) in [6.07, 6.45) is 3.41. The van der Waals surface area contributed by atoms with Crippen molar-refractivity contribution in [2.24, 2.45) is 10.2 Å². The average Bonchev–Trinajstić information content (AvgIpc) is 2.51. The van der Waals surface area contributed by atoms with Crippen molar-refractivity contribution in [2.75, 3.05) is 0 Å². The second-order valence-corrected chi connectivity index (χ2v) is 5.30. The van der Waals surface area contributed by atoms with Crippen molar-refractivity contribution < 1.29 is 0 Å². The molecule has 0 amide bonds. The van der Waals surface area contributed by atoms with Gasteiger partial charge in [-0.25, -0.2) is 0 Å². The summed E-state index contributed by atoms with van der Waals surface area (Å²) in [5.74, 6) is 0. The first-order valence-electron chi connectivity index (χ1n) is 6.89. The van der Waals surface area contributed by atoms with E-state index in [1.54, 1.807) is 12.4 Å². The van der Waals surface area contributed by atoms with Gasteiger partial charge in [0.05, 0.1) is 12.4 Å². The summed E-state index contributed by atoms with van der Waals surface area (Å²) in [4.78, 5) is 0. The van der Waals surface area contributed by atoms with Crippen LogP contribution in [0, 0.1) is 13.8 Å². The quantitative estimate of drug-likeness (QED) is 0.518. The maximum atomic E-state index is 5.08. The maximum absolute atomic E-state index is 5.08. The first kappa shape index (κ1) is 15.9. The molecule has 0 saturated carbocycles. The van der Waals surface area contributed by atoms with Gasteiger partial charge in [0.2, 0.25) is 5.11 Å². The van der Waals surface area contributed by atoms with Gasteiger partial charge in [0.25, 0.3) is 0 Å². The van der Waals surface area contributed by atoms with E-state index in [4.69, 9.17) is 12.2 Å². The third kappa shape index (κ3) is 5.46. The Morgan fingerprint density at radius 2 is 1.14 bits per heavy atom. The van der Waals surface area contributed by atoms with Gasteiger partial charge in [-0.3, -0.25) is 10.9 Å². The van der Waals surface area contributed by atoms with E-state index in [0.717, 1.165) is 11.1 Å². The molecule has 2 N–H and O–H groups in total. The van der Waals surface area contributed by atoms with Crippen molar-refractivity contribution >= 4 is 29.8 Å². The van der Waals surface area contributed by atoms with Crippen molar-refractivity contribution in [3.63, 3.8) is 0 Å². The molecule has 0 radical (unpaired) electrons. The Kier molecular flexibility index (Phi) is 5.80. The molecule has 4 nitrogen and oxygen atoms in total. The molecular weight excluding hydrogens is 292 g/mol. The summed E-state index contributed by atoms with van der Waals surface area (Å²) < 4.78 is 0. The Morgan fingerprint density at radius 3 is 1.50 bits per heavy atom. The minimum atomic E-state index is 0.340. The summed E-state index contributed by atoms with van der Waals surface area (Å²) in [5, 5.41) is 8.45. The van der Waals surface area contributed by atoms with Gasteiger partial charge in [0, 0.05) is 0 Å². The van der Waals surface area contributed by atoms with E-state index in [9.17, 15) is 0 Å². The molecule has 0 aliphatic heterocycles. The molecule has 0 aromatic heterocycles. The predicted octanol–water partition coefficient (Wildman–Crippen LogP) is 3.14. The zero-order chi connectivity index (χ0) is 15.8. The number of hydrogen-bond donors (Lipinski definition) is 2. The Bertz CT molecular complexity index is 613. The number of hydrogen-bond acceptors (Lipinski definition) is 3. The molecular formula is C17H18N4S. The number of thiocarbonyl (C=S) groups is 1. The van der Waals surface area contributed by atoms with Crippen molar-refractivity contribution in [3.8, 4) is 0 Å². The molecule has 22 heavy (non-hydrogen) atoms. The lowest BCUT2D eigenvalue weighted by Crippen LogP contribution is -2.28. The topological polar surface area (TPSA) is 48.8 Å². The monoisotopic (exact) mass is 310 g/mol. The van der Waals surface area contributed by atoms with E-state index < -0.39 is 0 Å². The van der Waals surface area contributed by atoms with E-state index in [1.165, 1.54) is 11.1 Å². The van der Waals surface area contributed by atoms with E-state index in [2.05, 4.69) is 21.1 Å². The molecule has 2 aromatic carbocycles. The highest BCUT2D eigenvalue weighted by atomic mass is 32.1. The third-order valence-electron chi connectivity index (χ3n) is 2.91. The molecule has 0 saturated heterocycles. The molecule has 0 aliphatic carbocycles. The van der Waals surface area contributed by atoms with Gasteiger partial charge in [0.1, 0.15) is 0 Å². The normalized spacial score (nSPS) is 11.0. The van der Waals surface area contributed by atoms with Crippen LogP contribution < -0.4 is 10.9 Å². The van der Waals surface area contributed by atoms with Gasteiger partial charge in [-0.15, -0.1) is 0 Å². The minimum Gasteiger partial charge on any atom is -0.252 e. The van der Waals surface area contributed by atoms with Crippen LogP contribution in [0.1, 0.15) is 22.3 Å². The zero-order valence-corrected chi connectivity index (χ0v) is 13.4. The summed E-state index contributed by atoms with van der Waals surface area (Å²) in [7, 11) is 0. The molecule has 0 atom stereocenters. The summed E-state index contributed by atoms with van der Waals surface area (Å²) in [6, 6.07) is 16.1. The molecule has 0 bridgehead atoms. The van der Waals surface area contributed by atoms with Gasteiger partial charge in [0.15, 0.2) is 0 Å². The van der Waals surface area contributed by atoms with E-state index in [1.807, 2.05) is 62.4 Å². The molecule has 0 aliphatic rings. The molecule has 0 fully saturated rings. The number of nitrogens with zero attached hydrogens (tertiary/aromatic N) is 2. The van der Waals surface area contributed by atoms with Crippen LogP contribution >= 0.6 is 12.2 Å². The number of hydrazone groups is 2. The van der Waals surface area contributed by atoms with E-state index in [-0.39, 0.29) is 0 Å². The van der Waals surface area contributed by atoms with Gasteiger partial charge in [-0.05, 0) is 37.2 Å². The SMILES string of the molecule is Cc1ccc(C=NNC(=S)NN=Cc2ccc(C)cc2)cc1. The van der Waals surface area contributed by atoms with Gasteiger partial charge in [-0.2, -0.15) is 10.2 Å². The average molecular weight is 310 g/mol. The van der Waals surface area contributed by atoms with Crippen LogP contribution in [-0.4, -0.2) is 17.5 Å². The number of aryl methyl sites for hydroxylation is 2. The van der Waals surface area contributed by atoms with Gasteiger partial charge in [-0.1, -0.05) is 59.7 Å². The van der Waals surface area contributed by atoms with Crippen molar-refractivity contribution in [1.29, 1.82) is 0 Å². The molecule has 2 rings (SSSR count). The molecule has 5 heteroatoms. The number of benzene rings is 2. The Morgan fingerprint density at radius 1 is 0.773 bits per heavy atom. The second kappa shape index (κ2) is 8.05. The third-order valence-corrected chi connectivity index (χ3v) is 3.10. The van der Waals surface area contributed by atoms with Crippen molar-refractivity contribution in [3.05, 3.63) is 70.8 Å². The smallest absolute Gasteiger partial charge is 0.207 e. The molecule has 0 unspecified atom stereocenters. The highest BCUT2D eigenvalue weighted by molar-refractivity contribution is 7.80. The highest BCUT2D eigenvalue weighted by Gasteiger charge is 1.91.